The molecule has 110 valence electrons. The molecule has 0 unspecified atom stereocenters. The first kappa shape index (κ1) is 14.2. The minimum atomic E-state index is 0.611. The molecule has 0 atom stereocenters. The second kappa shape index (κ2) is 5.57. The summed E-state index contributed by atoms with van der Waals surface area (Å²) in [6.45, 7) is 6.95. The average Bonchev–Trinajstić information content (AvgIpc) is 2.44. The largest absolute Gasteiger partial charge is 0.370 e. The summed E-state index contributed by atoms with van der Waals surface area (Å²) >= 11 is 6.41. The average molecular weight is 293 g/mol. The van der Waals surface area contributed by atoms with E-state index < -0.39 is 0 Å². The lowest BCUT2D eigenvalue weighted by Crippen LogP contribution is -2.46. The molecular formula is C17H25ClN2. The molecular weight excluding hydrogens is 268 g/mol. The first-order chi connectivity index (χ1) is 9.58. The van der Waals surface area contributed by atoms with Crippen molar-refractivity contribution in [3.8, 4) is 0 Å². The van der Waals surface area contributed by atoms with E-state index in [1.54, 1.807) is 0 Å². The van der Waals surface area contributed by atoms with Crippen LogP contribution in [0.1, 0.15) is 31.2 Å². The van der Waals surface area contributed by atoms with Crippen LogP contribution in [0, 0.1) is 12.3 Å². The maximum Gasteiger partial charge on any atom is 0.0642 e. The Morgan fingerprint density at radius 3 is 2.20 bits per heavy atom. The van der Waals surface area contributed by atoms with Gasteiger partial charge < -0.3 is 9.80 Å². The van der Waals surface area contributed by atoms with Gasteiger partial charge in [-0.1, -0.05) is 17.7 Å². The highest BCUT2D eigenvalue weighted by atomic mass is 35.5. The molecule has 3 heteroatoms. The molecule has 20 heavy (non-hydrogen) atoms. The topological polar surface area (TPSA) is 6.48 Å². The number of anilines is 1. The Labute approximate surface area is 127 Å². The monoisotopic (exact) mass is 292 g/mol. The molecule has 3 rings (SSSR count). The second-order valence-electron chi connectivity index (χ2n) is 6.75. The van der Waals surface area contributed by atoms with E-state index in [1.165, 1.54) is 50.0 Å². The lowest BCUT2D eigenvalue weighted by molar-refractivity contribution is 0.0945. The van der Waals surface area contributed by atoms with Gasteiger partial charge in [0.25, 0.3) is 0 Å². The highest BCUT2D eigenvalue weighted by Gasteiger charge is 2.37. The van der Waals surface area contributed by atoms with Gasteiger partial charge in [0, 0.05) is 13.1 Å². The van der Waals surface area contributed by atoms with Gasteiger partial charge in [0.15, 0.2) is 0 Å². The van der Waals surface area contributed by atoms with E-state index in [0.717, 1.165) is 18.1 Å². The number of hydrogen-bond acceptors (Lipinski definition) is 2. The van der Waals surface area contributed by atoms with E-state index in [4.69, 9.17) is 11.6 Å². The Morgan fingerprint density at radius 2 is 1.60 bits per heavy atom. The Bertz CT molecular complexity index is 468. The van der Waals surface area contributed by atoms with Crippen molar-refractivity contribution in [2.24, 2.45) is 5.41 Å². The summed E-state index contributed by atoms with van der Waals surface area (Å²) in [6, 6.07) is 6.43. The van der Waals surface area contributed by atoms with Crippen molar-refractivity contribution < 1.29 is 0 Å². The van der Waals surface area contributed by atoms with E-state index in [9.17, 15) is 0 Å². The van der Waals surface area contributed by atoms with Crippen molar-refractivity contribution in [1.29, 1.82) is 0 Å². The minimum absolute atomic E-state index is 0.611. The van der Waals surface area contributed by atoms with Crippen LogP contribution >= 0.6 is 11.6 Å². The van der Waals surface area contributed by atoms with Crippen LogP contribution < -0.4 is 4.90 Å². The van der Waals surface area contributed by atoms with Crippen molar-refractivity contribution in [2.45, 2.75) is 32.6 Å². The molecule has 0 radical (unpaired) electrons. The zero-order chi connectivity index (χ0) is 14.2. The fourth-order valence-electron chi connectivity index (χ4n) is 3.68. The van der Waals surface area contributed by atoms with Crippen molar-refractivity contribution in [1.82, 2.24) is 4.90 Å². The standard InChI is InChI=1S/C17H25ClN2/c1-14-3-4-16(15(18)13-14)20-11-7-17(8-12-20)5-9-19(2)10-6-17/h3-4,13H,5-12H2,1-2H3. The van der Waals surface area contributed by atoms with Gasteiger partial charge in [-0.2, -0.15) is 0 Å². The van der Waals surface area contributed by atoms with Gasteiger partial charge in [-0.3, -0.25) is 0 Å². The quantitative estimate of drug-likeness (QED) is 0.773. The summed E-state index contributed by atoms with van der Waals surface area (Å²) in [6.07, 6.45) is 5.40. The molecule has 0 N–H and O–H groups in total. The summed E-state index contributed by atoms with van der Waals surface area (Å²) in [5.41, 5.74) is 3.07. The number of rotatable bonds is 1. The van der Waals surface area contributed by atoms with E-state index in [1.807, 2.05) is 0 Å². The lowest BCUT2D eigenvalue weighted by atomic mass is 9.71. The first-order valence-corrected chi connectivity index (χ1v) is 8.15. The molecule has 2 aliphatic heterocycles. The maximum atomic E-state index is 6.41. The number of halogens is 1. The van der Waals surface area contributed by atoms with Crippen LogP contribution in [0.15, 0.2) is 18.2 Å². The zero-order valence-corrected chi connectivity index (χ0v) is 13.4. The molecule has 0 bridgehead atoms. The van der Waals surface area contributed by atoms with Crippen molar-refractivity contribution in [2.75, 3.05) is 38.1 Å². The predicted octanol–water partition coefficient (Wildman–Crippen LogP) is 3.96. The van der Waals surface area contributed by atoms with Gasteiger partial charge in [0.2, 0.25) is 0 Å². The van der Waals surface area contributed by atoms with Crippen LogP contribution in [0.25, 0.3) is 0 Å². The zero-order valence-electron chi connectivity index (χ0n) is 12.7. The summed E-state index contributed by atoms with van der Waals surface area (Å²) in [5.74, 6) is 0. The summed E-state index contributed by atoms with van der Waals surface area (Å²) in [7, 11) is 2.24. The Kier molecular flexibility index (Phi) is 3.96. The number of likely N-dealkylation sites (tertiary alicyclic amines) is 1. The molecule has 2 fully saturated rings. The third-order valence-corrected chi connectivity index (χ3v) is 5.62. The molecule has 2 saturated heterocycles. The van der Waals surface area contributed by atoms with Crippen LogP contribution in [0.5, 0.6) is 0 Å². The van der Waals surface area contributed by atoms with Crippen LogP contribution in [0.4, 0.5) is 5.69 Å². The molecule has 1 spiro atoms. The Hall–Kier alpha value is -0.730. The van der Waals surface area contributed by atoms with Crippen LogP contribution in [0.3, 0.4) is 0 Å². The van der Waals surface area contributed by atoms with Gasteiger partial charge in [-0.05, 0) is 75.9 Å². The van der Waals surface area contributed by atoms with E-state index >= 15 is 0 Å². The number of benzene rings is 1. The number of aryl methyl sites for hydroxylation is 1. The van der Waals surface area contributed by atoms with Gasteiger partial charge in [-0.25, -0.2) is 0 Å². The third-order valence-electron chi connectivity index (χ3n) is 5.32. The highest BCUT2D eigenvalue weighted by molar-refractivity contribution is 6.33. The molecule has 2 nitrogen and oxygen atoms in total. The predicted molar refractivity (Wildman–Crippen MR) is 86.8 cm³/mol. The second-order valence-corrected chi connectivity index (χ2v) is 7.15. The number of piperidine rings is 2. The maximum absolute atomic E-state index is 6.41. The summed E-state index contributed by atoms with van der Waals surface area (Å²) in [4.78, 5) is 4.94. The van der Waals surface area contributed by atoms with Gasteiger partial charge >= 0.3 is 0 Å². The van der Waals surface area contributed by atoms with Gasteiger partial charge in [-0.15, -0.1) is 0 Å². The SMILES string of the molecule is Cc1ccc(N2CCC3(CCN(C)CC3)CC2)c(Cl)c1. The molecule has 2 aliphatic rings. The number of hydrogen-bond donors (Lipinski definition) is 0. The molecule has 0 aromatic heterocycles. The van der Waals surface area contributed by atoms with Gasteiger partial charge in [0.1, 0.15) is 0 Å². The fraction of sp³-hybridized carbons (Fsp3) is 0.647. The summed E-state index contributed by atoms with van der Waals surface area (Å²) < 4.78 is 0. The van der Waals surface area contributed by atoms with Crippen molar-refractivity contribution in [3.63, 3.8) is 0 Å². The van der Waals surface area contributed by atoms with E-state index in [2.05, 4.69) is 42.0 Å². The third kappa shape index (κ3) is 2.82. The molecule has 0 amide bonds. The smallest absolute Gasteiger partial charge is 0.0642 e. The fourth-order valence-corrected chi connectivity index (χ4v) is 4.04. The Morgan fingerprint density at radius 1 is 1.00 bits per heavy atom. The van der Waals surface area contributed by atoms with Crippen LogP contribution in [-0.4, -0.2) is 38.1 Å². The Balaban J connectivity index is 1.66. The van der Waals surface area contributed by atoms with Crippen LogP contribution in [-0.2, 0) is 0 Å². The normalized spacial score (nSPS) is 23.2. The van der Waals surface area contributed by atoms with E-state index in [0.29, 0.717) is 5.41 Å². The van der Waals surface area contributed by atoms with Gasteiger partial charge in [0.05, 0.1) is 10.7 Å². The summed E-state index contributed by atoms with van der Waals surface area (Å²) in [5, 5.41) is 0.907. The molecule has 1 aromatic rings. The van der Waals surface area contributed by atoms with Crippen molar-refractivity contribution in [3.05, 3.63) is 28.8 Å². The first-order valence-electron chi connectivity index (χ1n) is 7.78. The minimum Gasteiger partial charge on any atom is -0.370 e. The molecule has 0 aliphatic carbocycles. The molecule has 2 heterocycles. The van der Waals surface area contributed by atoms with Crippen LogP contribution in [0.2, 0.25) is 5.02 Å². The van der Waals surface area contributed by atoms with Crippen molar-refractivity contribution >= 4 is 17.3 Å². The number of nitrogens with zero attached hydrogens (tertiary/aromatic N) is 2. The highest BCUT2D eigenvalue weighted by Crippen LogP contribution is 2.42. The molecule has 1 aromatic carbocycles. The molecule has 0 saturated carbocycles. The lowest BCUT2D eigenvalue weighted by Gasteiger charge is -2.47. The van der Waals surface area contributed by atoms with E-state index in [-0.39, 0.29) is 0 Å².